The number of hydrogen-bond acceptors (Lipinski definition) is 8. The molecule has 2 heterocycles. The lowest BCUT2D eigenvalue weighted by Crippen LogP contribution is -2.02. The maximum Gasteiger partial charge on any atom is 0.410 e. The molecule has 18 heavy (non-hydrogen) atoms. The highest BCUT2D eigenvalue weighted by Gasteiger charge is 2.30. The SMILES string of the molecule is O=[N+]([O-])c1nn(Cc2ncon2)cc1S(=O)(=O)Cl. The van der Waals surface area contributed by atoms with Crippen molar-refractivity contribution < 1.29 is 17.9 Å². The molecule has 0 aliphatic rings. The van der Waals surface area contributed by atoms with E-state index in [1.54, 1.807) is 0 Å². The van der Waals surface area contributed by atoms with Gasteiger partial charge in [-0.25, -0.2) is 8.42 Å². The zero-order valence-corrected chi connectivity index (χ0v) is 10.00. The van der Waals surface area contributed by atoms with Crippen molar-refractivity contribution in [1.82, 2.24) is 19.9 Å². The number of nitro groups is 1. The minimum Gasteiger partial charge on any atom is -0.358 e. The summed E-state index contributed by atoms with van der Waals surface area (Å²) in [6.45, 7) is -0.0796. The predicted molar refractivity (Wildman–Crippen MR) is 55.3 cm³/mol. The molecule has 0 saturated heterocycles. The Labute approximate surface area is 104 Å². The number of hydrogen-bond donors (Lipinski definition) is 0. The summed E-state index contributed by atoms with van der Waals surface area (Å²) in [5.41, 5.74) is 0. The van der Waals surface area contributed by atoms with E-state index in [0.29, 0.717) is 0 Å². The third-order valence-corrected chi connectivity index (χ3v) is 3.17. The summed E-state index contributed by atoms with van der Waals surface area (Å²) in [5, 5.41) is 17.6. The van der Waals surface area contributed by atoms with E-state index in [2.05, 4.69) is 19.8 Å². The summed E-state index contributed by atoms with van der Waals surface area (Å²) >= 11 is 0. The number of rotatable bonds is 4. The van der Waals surface area contributed by atoms with Gasteiger partial charge in [0.15, 0.2) is 5.82 Å². The van der Waals surface area contributed by atoms with E-state index in [9.17, 15) is 18.5 Å². The molecule has 0 fully saturated rings. The molecule has 0 unspecified atom stereocenters. The Bertz CT molecular complexity index is 677. The molecule has 12 heteroatoms. The second kappa shape index (κ2) is 4.34. The van der Waals surface area contributed by atoms with E-state index < -0.39 is 24.7 Å². The van der Waals surface area contributed by atoms with Crippen LogP contribution in [0.2, 0.25) is 0 Å². The lowest BCUT2D eigenvalue weighted by Gasteiger charge is -1.89. The first-order valence-corrected chi connectivity index (χ1v) is 6.60. The average Bonchev–Trinajstić information content (AvgIpc) is 2.85. The van der Waals surface area contributed by atoms with Gasteiger partial charge in [-0.2, -0.15) is 9.67 Å². The Morgan fingerprint density at radius 1 is 1.56 bits per heavy atom. The number of halogens is 1. The summed E-state index contributed by atoms with van der Waals surface area (Å²) in [6.07, 6.45) is 1.99. The second-order valence-electron chi connectivity index (χ2n) is 3.06. The third-order valence-electron chi connectivity index (χ3n) is 1.86. The highest BCUT2D eigenvalue weighted by Crippen LogP contribution is 2.25. The minimum atomic E-state index is -4.25. The fraction of sp³-hybridized carbons (Fsp3) is 0.167. The molecule has 0 amide bonds. The maximum atomic E-state index is 11.1. The van der Waals surface area contributed by atoms with E-state index in [0.717, 1.165) is 17.3 Å². The molecule has 0 atom stereocenters. The summed E-state index contributed by atoms with van der Waals surface area (Å²) < 4.78 is 27.7. The molecular formula is C6H4ClN5O5S. The largest absolute Gasteiger partial charge is 0.410 e. The third kappa shape index (κ3) is 2.46. The first kappa shape index (κ1) is 12.4. The molecule has 10 nitrogen and oxygen atoms in total. The Morgan fingerprint density at radius 3 is 2.72 bits per heavy atom. The van der Waals surface area contributed by atoms with Crippen LogP contribution in [0.3, 0.4) is 0 Å². The lowest BCUT2D eigenvalue weighted by molar-refractivity contribution is -0.392. The van der Waals surface area contributed by atoms with Crippen LogP contribution < -0.4 is 0 Å². The Kier molecular flexibility index (Phi) is 3.00. The van der Waals surface area contributed by atoms with Crippen molar-refractivity contribution in [2.45, 2.75) is 11.4 Å². The molecule has 0 N–H and O–H groups in total. The summed E-state index contributed by atoms with van der Waals surface area (Å²) in [5.74, 6) is -0.667. The van der Waals surface area contributed by atoms with Gasteiger partial charge in [-0.15, -0.1) is 0 Å². The van der Waals surface area contributed by atoms with E-state index in [4.69, 9.17) is 10.7 Å². The molecule has 0 bridgehead atoms. The van der Waals surface area contributed by atoms with Crippen LogP contribution in [0, 0.1) is 10.1 Å². The Hall–Kier alpha value is -2.01. The van der Waals surface area contributed by atoms with Gasteiger partial charge in [0.25, 0.3) is 9.05 Å². The zero-order chi connectivity index (χ0) is 13.3. The smallest absolute Gasteiger partial charge is 0.358 e. The normalized spacial score (nSPS) is 11.6. The lowest BCUT2D eigenvalue weighted by atomic mass is 10.6. The standard InChI is InChI=1S/C6H4ClN5O5S/c7-18(15,16)4-1-11(9-6(4)12(13)14)2-5-8-3-17-10-5/h1,3H,2H2. The average molecular weight is 294 g/mol. The summed E-state index contributed by atoms with van der Waals surface area (Å²) in [4.78, 5) is 12.7. The van der Waals surface area contributed by atoms with E-state index in [-0.39, 0.29) is 12.4 Å². The van der Waals surface area contributed by atoms with Crippen LogP contribution in [0.5, 0.6) is 0 Å². The van der Waals surface area contributed by atoms with Crippen LogP contribution in [0.25, 0.3) is 0 Å². The molecule has 0 aliphatic heterocycles. The quantitative estimate of drug-likeness (QED) is 0.441. The van der Waals surface area contributed by atoms with Crippen LogP contribution in [-0.4, -0.2) is 33.3 Å². The first-order valence-electron chi connectivity index (χ1n) is 4.29. The van der Waals surface area contributed by atoms with Gasteiger partial charge in [-0.05, 0) is 4.92 Å². The maximum absolute atomic E-state index is 11.1. The van der Waals surface area contributed by atoms with Gasteiger partial charge in [-0.1, -0.05) is 5.16 Å². The van der Waals surface area contributed by atoms with Crippen LogP contribution in [0.15, 0.2) is 22.0 Å². The molecule has 2 aromatic rings. The molecule has 0 spiro atoms. The Morgan fingerprint density at radius 2 is 2.28 bits per heavy atom. The van der Waals surface area contributed by atoms with Gasteiger partial charge in [0, 0.05) is 10.7 Å². The second-order valence-corrected chi connectivity index (χ2v) is 5.59. The van der Waals surface area contributed by atoms with Gasteiger partial charge >= 0.3 is 5.82 Å². The topological polar surface area (TPSA) is 134 Å². The molecule has 0 saturated carbocycles. The molecule has 0 aromatic carbocycles. The fourth-order valence-corrected chi connectivity index (χ4v) is 2.09. The first-order chi connectivity index (χ1) is 8.38. The minimum absolute atomic E-state index is 0.0796. The van der Waals surface area contributed by atoms with E-state index >= 15 is 0 Å². The number of aromatic nitrogens is 4. The molecule has 0 aliphatic carbocycles. The van der Waals surface area contributed by atoms with Crippen molar-refractivity contribution in [3.63, 3.8) is 0 Å². The van der Waals surface area contributed by atoms with Crippen LogP contribution in [0.4, 0.5) is 5.82 Å². The van der Waals surface area contributed by atoms with Gasteiger partial charge in [0.2, 0.25) is 11.3 Å². The van der Waals surface area contributed by atoms with E-state index in [1.165, 1.54) is 0 Å². The molecule has 0 radical (unpaired) electrons. The summed E-state index contributed by atoms with van der Waals surface area (Å²) in [7, 11) is 0.814. The zero-order valence-electron chi connectivity index (χ0n) is 8.43. The molecule has 2 rings (SSSR count). The van der Waals surface area contributed by atoms with Crippen LogP contribution in [0.1, 0.15) is 5.82 Å². The monoisotopic (exact) mass is 293 g/mol. The molecule has 2 aromatic heterocycles. The number of nitrogens with zero attached hydrogens (tertiary/aromatic N) is 5. The predicted octanol–water partition coefficient (Wildman–Crippen LogP) is 0.150. The molecular weight excluding hydrogens is 290 g/mol. The van der Waals surface area contributed by atoms with Gasteiger partial charge in [-0.3, -0.25) is 0 Å². The van der Waals surface area contributed by atoms with E-state index in [1.807, 2.05) is 0 Å². The van der Waals surface area contributed by atoms with Crippen LogP contribution in [-0.2, 0) is 15.6 Å². The van der Waals surface area contributed by atoms with Crippen molar-refractivity contribution >= 4 is 25.6 Å². The van der Waals surface area contributed by atoms with Crippen LogP contribution >= 0.6 is 10.7 Å². The van der Waals surface area contributed by atoms with Crippen molar-refractivity contribution in [3.05, 3.63) is 28.5 Å². The van der Waals surface area contributed by atoms with Crippen molar-refractivity contribution in [1.29, 1.82) is 0 Å². The van der Waals surface area contributed by atoms with Gasteiger partial charge in [0.05, 0.1) is 11.3 Å². The fourth-order valence-electron chi connectivity index (χ4n) is 1.18. The van der Waals surface area contributed by atoms with Gasteiger partial charge in [0.1, 0.15) is 6.54 Å². The van der Waals surface area contributed by atoms with Gasteiger partial charge < -0.3 is 14.6 Å². The van der Waals surface area contributed by atoms with Crippen molar-refractivity contribution in [3.8, 4) is 0 Å². The highest BCUT2D eigenvalue weighted by atomic mass is 35.7. The highest BCUT2D eigenvalue weighted by molar-refractivity contribution is 8.13. The van der Waals surface area contributed by atoms with Crippen molar-refractivity contribution in [2.24, 2.45) is 0 Å². The van der Waals surface area contributed by atoms with Crippen molar-refractivity contribution in [2.75, 3.05) is 0 Å². The molecule has 96 valence electrons. The summed E-state index contributed by atoms with van der Waals surface area (Å²) in [6, 6.07) is 0. The Balaban J connectivity index is 2.43.